The lowest BCUT2D eigenvalue weighted by molar-refractivity contribution is -0.143. The van der Waals surface area contributed by atoms with Gasteiger partial charge in [0.2, 0.25) is 5.91 Å². The fourth-order valence-corrected chi connectivity index (χ4v) is 2.07. The first-order valence-electron chi connectivity index (χ1n) is 6.06. The fraction of sp³-hybridized carbons (Fsp3) is 0.917. The van der Waals surface area contributed by atoms with Crippen LogP contribution < -0.4 is 0 Å². The molecule has 1 fully saturated rings. The lowest BCUT2D eigenvalue weighted by Crippen LogP contribution is -2.48. The van der Waals surface area contributed by atoms with Gasteiger partial charge in [0.1, 0.15) is 0 Å². The number of amides is 1. The van der Waals surface area contributed by atoms with Gasteiger partial charge in [0.25, 0.3) is 0 Å². The average Bonchev–Trinajstić information content (AvgIpc) is 2.16. The first-order chi connectivity index (χ1) is 7.13. The largest absolute Gasteiger partial charge is 0.372 e. The molecule has 1 aliphatic rings. The summed E-state index contributed by atoms with van der Waals surface area (Å²) < 4.78 is 5.60. The Balaban J connectivity index is 2.31. The van der Waals surface area contributed by atoms with Crippen molar-refractivity contribution in [2.24, 2.45) is 0 Å². The molecule has 0 spiro atoms. The van der Waals surface area contributed by atoms with Gasteiger partial charge in [-0.15, -0.1) is 0 Å². The maximum atomic E-state index is 11.8. The van der Waals surface area contributed by atoms with Gasteiger partial charge in [0.05, 0.1) is 12.2 Å². The molecular formula is C12H23NO2. The van der Waals surface area contributed by atoms with Crippen LogP contribution in [0.1, 0.15) is 46.5 Å². The van der Waals surface area contributed by atoms with Crippen molar-refractivity contribution in [1.29, 1.82) is 0 Å². The van der Waals surface area contributed by atoms with Crippen molar-refractivity contribution in [3.63, 3.8) is 0 Å². The summed E-state index contributed by atoms with van der Waals surface area (Å²) in [5.74, 6) is 0.297. The summed E-state index contributed by atoms with van der Waals surface area (Å²) in [6.45, 7) is 7.73. The van der Waals surface area contributed by atoms with Gasteiger partial charge >= 0.3 is 0 Å². The van der Waals surface area contributed by atoms with E-state index >= 15 is 0 Å². The number of unbranched alkanes of at least 4 members (excludes halogenated alkanes) is 2. The van der Waals surface area contributed by atoms with E-state index in [4.69, 9.17) is 4.74 Å². The van der Waals surface area contributed by atoms with E-state index < -0.39 is 0 Å². The normalized spacial score (nSPS) is 26.7. The lowest BCUT2D eigenvalue weighted by atomic mass is 10.1. The van der Waals surface area contributed by atoms with Crippen LogP contribution in [0.3, 0.4) is 0 Å². The Labute approximate surface area is 92.8 Å². The molecule has 3 nitrogen and oxygen atoms in total. The second kappa shape index (κ2) is 6.11. The van der Waals surface area contributed by atoms with Crippen LogP contribution in [0, 0.1) is 0 Å². The number of carbonyl (C=O) groups is 1. The monoisotopic (exact) mass is 213 g/mol. The predicted octanol–water partition coefficient (Wildman–Crippen LogP) is 2.20. The van der Waals surface area contributed by atoms with Gasteiger partial charge in [-0.05, 0) is 20.3 Å². The number of rotatable bonds is 4. The van der Waals surface area contributed by atoms with Crippen molar-refractivity contribution in [3.8, 4) is 0 Å². The fourth-order valence-electron chi connectivity index (χ4n) is 2.07. The molecule has 1 amide bonds. The minimum absolute atomic E-state index is 0.184. The van der Waals surface area contributed by atoms with Crippen LogP contribution in [0.15, 0.2) is 0 Å². The van der Waals surface area contributed by atoms with Gasteiger partial charge < -0.3 is 9.64 Å². The SMILES string of the molecule is CCCCCC(=O)N1C[C@@H](C)O[C@H](C)C1. The summed E-state index contributed by atoms with van der Waals surface area (Å²) in [5, 5.41) is 0. The maximum Gasteiger partial charge on any atom is 0.222 e. The number of hydrogen-bond acceptors (Lipinski definition) is 2. The molecule has 0 N–H and O–H groups in total. The summed E-state index contributed by atoms with van der Waals surface area (Å²) in [7, 11) is 0. The highest BCUT2D eigenvalue weighted by atomic mass is 16.5. The Bertz CT molecular complexity index is 196. The minimum atomic E-state index is 0.184. The topological polar surface area (TPSA) is 29.5 Å². The maximum absolute atomic E-state index is 11.8. The van der Waals surface area contributed by atoms with E-state index in [2.05, 4.69) is 6.92 Å². The van der Waals surface area contributed by atoms with Crippen LogP contribution in [0.4, 0.5) is 0 Å². The molecule has 1 heterocycles. The van der Waals surface area contributed by atoms with Crippen LogP contribution in [0.2, 0.25) is 0 Å². The second-order valence-electron chi connectivity index (χ2n) is 4.51. The number of nitrogens with zero attached hydrogens (tertiary/aromatic N) is 1. The molecule has 15 heavy (non-hydrogen) atoms. The third-order valence-electron chi connectivity index (χ3n) is 2.77. The van der Waals surface area contributed by atoms with Crippen molar-refractivity contribution in [3.05, 3.63) is 0 Å². The van der Waals surface area contributed by atoms with E-state index in [0.29, 0.717) is 12.3 Å². The Hall–Kier alpha value is -0.570. The van der Waals surface area contributed by atoms with E-state index in [9.17, 15) is 4.79 Å². The Morgan fingerprint density at radius 1 is 1.27 bits per heavy atom. The Morgan fingerprint density at radius 3 is 2.40 bits per heavy atom. The zero-order valence-corrected chi connectivity index (χ0v) is 10.2. The molecule has 0 unspecified atom stereocenters. The molecular weight excluding hydrogens is 190 g/mol. The molecule has 0 aromatic carbocycles. The zero-order valence-electron chi connectivity index (χ0n) is 10.2. The molecule has 88 valence electrons. The summed E-state index contributed by atoms with van der Waals surface area (Å²) in [5.41, 5.74) is 0. The Kier molecular flexibility index (Phi) is 5.09. The van der Waals surface area contributed by atoms with Crippen molar-refractivity contribution >= 4 is 5.91 Å². The highest BCUT2D eigenvalue weighted by molar-refractivity contribution is 5.76. The van der Waals surface area contributed by atoms with E-state index in [-0.39, 0.29) is 12.2 Å². The van der Waals surface area contributed by atoms with Gasteiger partial charge in [0.15, 0.2) is 0 Å². The highest BCUT2D eigenvalue weighted by Crippen LogP contribution is 2.13. The average molecular weight is 213 g/mol. The molecule has 3 heteroatoms. The van der Waals surface area contributed by atoms with Crippen molar-refractivity contribution in [2.75, 3.05) is 13.1 Å². The van der Waals surface area contributed by atoms with Gasteiger partial charge in [-0.2, -0.15) is 0 Å². The van der Waals surface area contributed by atoms with Crippen LogP contribution in [0.5, 0.6) is 0 Å². The third kappa shape index (κ3) is 4.20. The van der Waals surface area contributed by atoms with E-state index in [0.717, 1.165) is 25.9 Å². The van der Waals surface area contributed by atoms with E-state index in [1.165, 1.54) is 6.42 Å². The molecule has 0 saturated carbocycles. The standard InChI is InChI=1S/C12H23NO2/c1-4-5-6-7-12(14)13-8-10(2)15-11(3)9-13/h10-11H,4-9H2,1-3H3/t10-,11-/m1/s1. The van der Waals surface area contributed by atoms with Gasteiger partial charge in [-0.1, -0.05) is 19.8 Å². The second-order valence-corrected chi connectivity index (χ2v) is 4.51. The Morgan fingerprint density at radius 2 is 1.87 bits per heavy atom. The molecule has 1 rings (SSSR count). The van der Waals surface area contributed by atoms with E-state index in [1.54, 1.807) is 0 Å². The van der Waals surface area contributed by atoms with Crippen molar-refractivity contribution in [1.82, 2.24) is 4.90 Å². The summed E-state index contributed by atoms with van der Waals surface area (Å²) >= 11 is 0. The summed E-state index contributed by atoms with van der Waals surface area (Å²) in [6, 6.07) is 0. The van der Waals surface area contributed by atoms with E-state index in [1.807, 2.05) is 18.7 Å². The van der Waals surface area contributed by atoms with Crippen LogP contribution in [0.25, 0.3) is 0 Å². The summed E-state index contributed by atoms with van der Waals surface area (Å²) in [6.07, 6.45) is 4.42. The number of hydrogen-bond donors (Lipinski definition) is 0. The van der Waals surface area contributed by atoms with Gasteiger partial charge in [-0.3, -0.25) is 4.79 Å². The van der Waals surface area contributed by atoms with Gasteiger partial charge in [0, 0.05) is 19.5 Å². The molecule has 1 saturated heterocycles. The van der Waals surface area contributed by atoms with Crippen molar-refractivity contribution < 1.29 is 9.53 Å². The van der Waals surface area contributed by atoms with Crippen LogP contribution in [-0.4, -0.2) is 36.1 Å². The molecule has 0 bridgehead atoms. The lowest BCUT2D eigenvalue weighted by Gasteiger charge is -2.35. The minimum Gasteiger partial charge on any atom is -0.372 e. The first kappa shape index (κ1) is 12.5. The molecule has 0 aromatic rings. The first-order valence-corrected chi connectivity index (χ1v) is 6.06. The quantitative estimate of drug-likeness (QED) is 0.670. The molecule has 2 atom stereocenters. The smallest absolute Gasteiger partial charge is 0.222 e. The number of ether oxygens (including phenoxy) is 1. The van der Waals surface area contributed by atoms with Crippen molar-refractivity contribution in [2.45, 2.75) is 58.7 Å². The van der Waals surface area contributed by atoms with Gasteiger partial charge in [-0.25, -0.2) is 0 Å². The molecule has 0 aliphatic carbocycles. The molecule has 0 aromatic heterocycles. The summed E-state index contributed by atoms with van der Waals surface area (Å²) in [4.78, 5) is 13.8. The zero-order chi connectivity index (χ0) is 11.3. The number of morpholine rings is 1. The van der Waals surface area contributed by atoms with Crippen LogP contribution >= 0.6 is 0 Å². The predicted molar refractivity (Wildman–Crippen MR) is 60.7 cm³/mol. The highest BCUT2D eigenvalue weighted by Gasteiger charge is 2.25. The molecule has 0 radical (unpaired) electrons. The number of carbonyl (C=O) groups excluding carboxylic acids is 1. The third-order valence-corrected chi connectivity index (χ3v) is 2.77. The molecule has 1 aliphatic heterocycles. The van der Waals surface area contributed by atoms with Crippen LogP contribution in [-0.2, 0) is 9.53 Å².